The SMILES string of the molecule is c1ccc2c(c1)Cc1cccc(Nc3cccc4c3-c3ccccc3C4)c1-2. The molecule has 0 bridgehead atoms. The van der Waals surface area contributed by atoms with E-state index in [9.17, 15) is 0 Å². The van der Waals surface area contributed by atoms with Gasteiger partial charge in [-0.05, 0) is 58.4 Å². The van der Waals surface area contributed by atoms with Gasteiger partial charge in [-0.15, -0.1) is 0 Å². The van der Waals surface area contributed by atoms with Gasteiger partial charge in [0.1, 0.15) is 0 Å². The zero-order valence-electron chi connectivity index (χ0n) is 15.0. The van der Waals surface area contributed by atoms with Crippen LogP contribution in [-0.2, 0) is 12.8 Å². The molecular formula is C26H19N. The molecule has 0 heterocycles. The van der Waals surface area contributed by atoms with Gasteiger partial charge in [0.2, 0.25) is 0 Å². The molecule has 0 atom stereocenters. The van der Waals surface area contributed by atoms with Crippen LogP contribution in [0.5, 0.6) is 0 Å². The van der Waals surface area contributed by atoms with Crippen molar-refractivity contribution < 1.29 is 0 Å². The molecule has 128 valence electrons. The van der Waals surface area contributed by atoms with Crippen LogP contribution >= 0.6 is 0 Å². The van der Waals surface area contributed by atoms with E-state index >= 15 is 0 Å². The highest BCUT2D eigenvalue weighted by atomic mass is 14.9. The van der Waals surface area contributed by atoms with Crippen molar-refractivity contribution in [3.63, 3.8) is 0 Å². The van der Waals surface area contributed by atoms with Crippen molar-refractivity contribution in [2.45, 2.75) is 12.8 Å². The minimum absolute atomic E-state index is 1.02. The molecule has 2 aliphatic rings. The fourth-order valence-electron chi connectivity index (χ4n) is 4.73. The lowest BCUT2D eigenvalue weighted by atomic mass is 10.0. The van der Waals surface area contributed by atoms with Crippen LogP contribution < -0.4 is 5.32 Å². The average molecular weight is 345 g/mol. The normalized spacial score (nSPS) is 12.9. The second-order valence-corrected chi connectivity index (χ2v) is 7.47. The molecule has 0 amide bonds. The van der Waals surface area contributed by atoms with Crippen molar-refractivity contribution in [3.8, 4) is 22.3 Å². The summed E-state index contributed by atoms with van der Waals surface area (Å²) in [7, 11) is 0. The maximum Gasteiger partial charge on any atom is 0.0467 e. The van der Waals surface area contributed by atoms with E-state index < -0.39 is 0 Å². The zero-order chi connectivity index (χ0) is 17.8. The fourth-order valence-corrected chi connectivity index (χ4v) is 4.73. The highest BCUT2D eigenvalue weighted by Gasteiger charge is 2.24. The molecule has 0 aromatic heterocycles. The van der Waals surface area contributed by atoms with Crippen LogP contribution in [0.2, 0.25) is 0 Å². The van der Waals surface area contributed by atoms with Crippen LogP contribution in [0.1, 0.15) is 22.3 Å². The molecule has 1 heteroatoms. The quantitative estimate of drug-likeness (QED) is 0.374. The number of hydrogen-bond acceptors (Lipinski definition) is 1. The predicted molar refractivity (Wildman–Crippen MR) is 113 cm³/mol. The van der Waals surface area contributed by atoms with Gasteiger partial charge in [-0.3, -0.25) is 0 Å². The highest BCUT2D eigenvalue weighted by molar-refractivity contribution is 5.93. The van der Waals surface area contributed by atoms with E-state index in [2.05, 4.69) is 90.2 Å². The Morgan fingerprint density at radius 1 is 0.444 bits per heavy atom. The zero-order valence-corrected chi connectivity index (χ0v) is 15.0. The van der Waals surface area contributed by atoms with Crippen LogP contribution in [0.15, 0.2) is 84.9 Å². The first-order chi connectivity index (χ1) is 13.4. The molecule has 0 fully saturated rings. The summed E-state index contributed by atoms with van der Waals surface area (Å²) >= 11 is 0. The molecule has 0 unspecified atom stereocenters. The van der Waals surface area contributed by atoms with Crippen molar-refractivity contribution in [2.75, 3.05) is 5.32 Å². The van der Waals surface area contributed by atoms with Gasteiger partial charge in [0.25, 0.3) is 0 Å². The minimum atomic E-state index is 1.02. The van der Waals surface area contributed by atoms with E-state index in [4.69, 9.17) is 0 Å². The van der Waals surface area contributed by atoms with E-state index in [0.29, 0.717) is 0 Å². The Hall–Kier alpha value is -3.32. The Morgan fingerprint density at radius 2 is 0.889 bits per heavy atom. The Kier molecular flexibility index (Phi) is 3.06. The third-order valence-corrected chi connectivity index (χ3v) is 5.91. The van der Waals surface area contributed by atoms with Crippen LogP contribution in [0, 0.1) is 0 Å². The lowest BCUT2D eigenvalue weighted by molar-refractivity contribution is 1.26. The summed E-state index contributed by atoms with van der Waals surface area (Å²) in [5.74, 6) is 0. The van der Waals surface area contributed by atoms with E-state index in [1.165, 1.54) is 55.9 Å². The molecule has 27 heavy (non-hydrogen) atoms. The number of anilines is 2. The molecule has 4 aromatic rings. The third kappa shape index (κ3) is 2.18. The van der Waals surface area contributed by atoms with Crippen molar-refractivity contribution in [1.82, 2.24) is 0 Å². The molecule has 4 aromatic carbocycles. The van der Waals surface area contributed by atoms with Gasteiger partial charge in [-0.2, -0.15) is 0 Å². The lowest BCUT2D eigenvalue weighted by Crippen LogP contribution is -1.96. The second-order valence-electron chi connectivity index (χ2n) is 7.47. The number of benzene rings is 4. The smallest absolute Gasteiger partial charge is 0.0467 e. The first-order valence-corrected chi connectivity index (χ1v) is 9.56. The number of rotatable bonds is 2. The minimum Gasteiger partial charge on any atom is -0.354 e. The number of fused-ring (bicyclic) bond motifs is 6. The molecule has 2 aliphatic carbocycles. The molecular weight excluding hydrogens is 326 g/mol. The van der Waals surface area contributed by atoms with Gasteiger partial charge in [0.15, 0.2) is 0 Å². The predicted octanol–water partition coefficient (Wildman–Crippen LogP) is 6.57. The van der Waals surface area contributed by atoms with E-state index in [1.54, 1.807) is 0 Å². The Morgan fingerprint density at radius 3 is 1.41 bits per heavy atom. The summed E-state index contributed by atoms with van der Waals surface area (Å²) in [6, 6.07) is 30.8. The largest absolute Gasteiger partial charge is 0.354 e. The maximum absolute atomic E-state index is 3.79. The molecule has 0 saturated carbocycles. The van der Waals surface area contributed by atoms with Crippen LogP contribution in [-0.4, -0.2) is 0 Å². The monoisotopic (exact) mass is 345 g/mol. The average Bonchev–Trinajstić information content (AvgIpc) is 3.27. The number of nitrogens with one attached hydrogen (secondary N) is 1. The molecule has 1 nitrogen and oxygen atoms in total. The van der Waals surface area contributed by atoms with E-state index in [1.807, 2.05) is 0 Å². The van der Waals surface area contributed by atoms with Crippen LogP contribution in [0.3, 0.4) is 0 Å². The number of hydrogen-bond donors (Lipinski definition) is 1. The van der Waals surface area contributed by atoms with Gasteiger partial charge in [0, 0.05) is 22.5 Å². The van der Waals surface area contributed by atoms with Crippen molar-refractivity contribution in [1.29, 1.82) is 0 Å². The second kappa shape index (κ2) is 5.59. The Bertz CT molecular complexity index is 1110. The summed E-state index contributed by atoms with van der Waals surface area (Å²) in [4.78, 5) is 0. The molecule has 0 radical (unpaired) electrons. The Labute approximate surface area is 159 Å². The standard InChI is InChI=1S/C26H19N/c1-3-11-21-17(7-1)15-19-9-5-13-23(25(19)21)27-24-14-6-10-20-16-18-8-2-4-12-22(18)26(20)24/h1-14,27H,15-16H2. The summed E-state index contributed by atoms with van der Waals surface area (Å²) in [6.07, 6.45) is 2.05. The van der Waals surface area contributed by atoms with E-state index in [0.717, 1.165) is 12.8 Å². The molecule has 0 spiro atoms. The fraction of sp³-hybridized carbons (Fsp3) is 0.0769. The van der Waals surface area contributed by atoms with Gasteiger partial charge >= 0.3 is 0 Å². The lowest BCUT2D eigenvalue weighted by Gasteiger charge is -2.16. The first-order valence-electron chi connectivity index (χ1n) is 9.56. The Balaban J connectivity index is 1.50. The van der Waals surface area contributed by atoms with Crippen LogP contribution in [0.4, 0.5) is 11.4 Å². The van der Waals surface area contributed by atoms with Crippen LogP contribution in [0.25, 0.3) is 22.3 Å². The van der Waals surface area contributed by atoms with Crippen molar-refractivity contribution in [2.24, 2.45) is 0 Å². The van der Waals surface area contributed by atoms with Gasteiger partial charge in [-0.1, -0.05) is 72.8 Å². The molecule has 1 N–H and O–H groups in total. The van der Waals surface area contributed by atoms with Crippen molar-refractivity contribution in [3.05, 3.63) is 107 Å². The highest BCUT2D eigenvalue weighted by Crippen LogP contribution is 2.45. The van der Waals surface area contributed by atoms with Gasteiger partial charge in [-0.25, -0.2) is 0 Å². The molecule has 0 saturated heterocycles. The summed E-state index contributed by atoms with van der Waals surface area (Å²) in [5, 5.41) is 3.79. The van der Waals surface area contributed by atoms with E-state index in [-0.39, 0.29) is 0 Å². The first kappa shape index (κ1) is 14.8. The molecule has 6 rings (SSSR count). The molecule has 0 aliphatic heterocycles. The van der Waals surface area contributed by atoms with Gasteiger partial charge in [0.05, 0.1) is 0 Å². The summed E-state index contributed by atoms with van der Waals surface area (Å²) in [5.41, 5.74) is 13.5. The maximum atomic E-state index is 3.79. The van der Waals surface area contributed by atoms with Gasteiger partial charge < -0.3 is 5.32 Å². The summed E-state index contributed by atoms with van der Waals surface area (Å²) in [6.45, 7) is 0. The topological polar surface area (TPSA) is 12.0 Å². The summed E-state index contributed by atoms with van der Waals surface area (Å²) < 4.78 is 0. The third-order valence-electron chi connectivity index (χ3n) is 5.91. The van der Waals surface area contributed by atoms with Crippen molar-refractivity contribution >= 4 is 11.4 Å².